The minimum atomic E-state index is -1.18. The molecule has 1 aromatic carbocycles. The zero-order chi connectivity index (χ0) is 30.4. The summed E-state index contributed by atoms with van der Waals surface area (Å²) in [7, 11) is 0. The lowest BCUT2D eigenvalue weighted by atomic mass is 9.96. The van der Waals surface area contributed by atoms with E-state index in [0.29, 0.717) is 24.9 Å². The van der Waals surface area contributed by atoms with E-state index in [1.807, 2.05) is 20.8 Å². The molecule has 0 aliphatic heterocycles. The normalized spacial score (nSPS) is 14.8. The standard InChI is InChI=1S/C27H45N7O6/c1-5-16(4)22(34-23(36)19(28)7-6-12-31-27(29)30)25(38)32-20(14-17-8-10-18(35)11-9-17)24(37)33-21(26(39)40)13-15(2)3/h8-11,15-16,19-22,35H,5-7,12-14,28H2,1-4H3,(H,32,38)(H,33,37)(H,34,36)(H,39,40)(H4,29,30,31). The largest absolute Gasteiger partial charge is 0.508 e. The Morgan fingerprint density at radius 3 is 2.05 bits per heavy atom. The van der Waals surface area contributed by atoms with Crippen LogP contribution >= 0.6 is 0 Å². The van der Waals surface area contributed by atoms with Gasteiger partial charge in [-0.3, -0.25) is 19.4 Å². The van der Waals surface area contributed by atoms with Crippen LogP contribution in [0.1, 0.15) is 58.9 Å². The number of carboxylic acid groups (broad SMARTS) is 1. The Balaban J connectivity index is 3.11. The van der Waals surface area contributed by atoms with Crippen molar-refractivity contribution in [3.05, 3.63) is 29.8 Å². The molecule has 0 aliphatic rings. The van der Waals surface area contributed by atoms with Gasteiger partial charge in [-0.2, -0.15) is 0 Å². The summed E-state index contributed by atoms with van der Waals surface area (Å²) in [5, 5.41) is 27.1. The molecule has 0 saturated heterocycles. The Kier molecular flexibility index (Phi) is 14.5. The number of rotatable bonds is 17. The Bertz CT molecular complexity index is 1010. The number of aromatic hydroxyl groups is 1. The number of amides is 3. The summed E-state index contributed by atoms with van der Waals surface area (Å²) in [6, 6.07) is 1.89. The second-order valence-corrected chi connectivity index (χ2v) is 10.4. The molecule has 1 rings (SSSR count). The van der Waals surface area contributed by atoms with Crippen molar-refractivity contribution >= 4 is 29.7 Å². The van der Waals surface area contributed by atoms with Crippen molar-refractivity contribution in [3.8, 4) is 5.75 Å². The maximum atomic E-state index is 13.4. The predicted octanol–water partition coefficient (Wildman–Crippen LogP) is -0.0532. The quantitative estimate of drug-likeness (QED) is 0.0719. The number of aliphatic imine (C=N–C) groups is 1. The minimum Gasteiger partial charge on any atom is -0.508 e. The number of hydrogen-bond acceptors (Lipinski definition) is 7. The monoisotopic (exact) mass is 563 g/mol. The zero-order valence-electron chi connectivity index (χ0n) is 23.7. The number of carbonyl (C=O) groups excluding carboxylic acids is 3. The highest BCUT2D eigenvalue weighted by molar-refractivity contribution is 5.94. The highest BCUT2D eigenvalue weighted by Gasteiger charge is 2.32. The molecule has 3 amide bonds. The topological polar surface area (TPSA) is 235 Å². The fourth-order valence-corrected chi connectivity index (χ4v) is 3.92. The molecule has 0 aromatic heterocycles. The first-order valence-electron chi connectivity index (χ1n) is 13.5. The predicted molar refractivity (Wildman–Crippen MR) is 152 cm³/mol. The smallest absolute Gasteiger partial charge is 0.326 e. The van der Waals surface area contributed by atoms with E-state index >= 15 is 0 Å². The maximum absolute atomic E-state index is 13.4. The van der Waals surface area contributed by atoms with Crippen LogP contribution in [0, 0.1) is 11.8 Å². The van der Waals surface area contributed by atoms with Crippen LogP contribution in [-0.2, 0) is 25.6 Å². The molecule has 11 N–H and O–H groups in total. The van der Waals surface area contributed by atoms with E-state index in [9.17, 15) is 29.4 Å². The Morgan fingerprint density at radius 1 is 0.925 bits per heavy atom. The van der Waals surface area contributed by atoms with Crippen LogP contribution in [0.4, 0.5) is 0 Å². The number of benzene rings is 1. The fraction of sp³-hybridized carbons (Fsp3) is 0.593. The van der Waals surface area contributed by atoms with Crippen LogP contribution < -0.4 is 33.2 Å². The lowest BCUT2D eigenvalue weighted by Crippen LogP contribution is -2.59. The molecule has 0 radical (unpaired) electrons. The number of phenols is 1. The van der Waals surface area contributed by atoms with Crippen LogP contribution in [0.25, 0.3) is 0 Å². The molecule has 13 nitrogen and oxygen atoms in total. The van der Waals surface area contributed by atoms with Gasteiger partial charge in [0.2, 0.25) is 17.7 Å². The Hall–Kier alpha value is -3.87. The van der Waals surface area contributed by atoms with Gasteiger partial charge in [0.1, 0.15) is 23.9 Å². The summed E-state index contributed by atoms with van der Waals surface area (Å²) in [6.45, 7) is 7.62. The maximum Gasteiger partial charge on any atom is 0.326 e. The van der Waals surface area contributed by atoms with Crippen molar-refractivity contribution in [2.75, 3.05) is 6.54 Å². The highest BCUT2D eigenvalue weighted by Crippen LogP contribution is 2.14. The molecule has 40 heavy (non-hydrogen) atoms. The van der Waals surface area contributed by atoms with Gasteiger partial charge < -0.3 is 43.4 Å². The second-order valence-electron chi connectivity index (χ2n) is 10.4. The first-order valence-corrected chi connectivity index (χ1v) is 13.5. The summed E-state index contributed by atoms with van der Waals surface area (Å²) >= 11 is 0. The lowest BCUT2D eigenvalue weighted by molar-refractivity contribution is -0.142. The van der Waals surface area contributed by atoms with Gasteiger partial charge >= 0.3 is 5.97 Å². The van der Waals surface area contributed by atoms with Crippen LogP contribution in [0.2, 0.25) is 0 Å². The van der Waals surface area contributed by atoms with Crippen molar-refractivity contribution in [1.29, 1.82) is 0 Å². The molecule has 13 heteroatoms. The molecule has 0 fully saturated rings. The molecule has 0 heterocycles. The number of nitrogens with two attached hydrogens (primary N) is 3. The molecule has 5 atom stereocenters. The molecule has 0 spiro atoms. The SMILES string of the molecule is CCC(C)C(NC(=O)C(N)CCCN=C(N)N)C(=O)NC(Cc1ccc(O)cc1)C(=O)NC(CC(C)C)C(=O)O. The summed E-state index contributed by atoms with van der Waals surface area (Å²) in [5.74, 6) is -3.33. The average molecular weight is 564 g/mol. The fourth-order valence-electron chi connectivity index (χ4n) is 3.92. The van der Waals surface area contributed by atoms with E-state index in [0.717, 1.165) is 0 Å². The molecule has 0 saturated carbocycles. The van der Waals surface area contributed by atoms with Gasteiger partial charge in [0.15, 0.2) is 5.96 Å². The third-order valence-corrected chi connectivity index (χ3v) is 6.43. The van der Waals surface area contributed by atoms with Crippen molar-refractivity contribution in [1.82, 2.24) is 16.0 Å². The highest BCUT2D eigenvalue weighted by atomic mass is 16.4. The number of guanidine groups is 1. The van der Waals surface area contributed by atoms with E-state index < -0.39 is 47.9 Å². The van der Waals surface area contributed by atoms with Crippen LogP contribution in [-0.4, -0.2) is 70.6 Å². The van der Waals surface area contributed by atoms with Crippen LogP contribution in [0.3, 0.4) is 0 Å². The minimum absolute atomic E-state index is 0.000195. The van der Waals surface area contributed by atoms with Crippen molar-refractivity contribution in [2.24, 2.45) is 34.0 Å². The third-order valence-electron chi connectivity index (χ3n) is 6.43. The first-order chi connectivity index (χ1) is 18.7. The summed E-state index contributed by atoms with van der Waals surface area (Å²) < 4.78 is 0. The number of nitrogens with zero attached hydrogens (tertiary/aromatic N) is 1. The first kappa shape index (κ1) is 34.2. The molecule has 0 aliphatic carbocycles. The van der Waals surface area contributed by atoms with Crippen molar-refractivity contribution < 1.29 is 29.4 Å². The van der Waals surface area contributed by atoms with E-state index in [2.05, 4.69) is 20.9 Å². The Labute approximate surface area is 235 Å². The number of hydrogen-bond donors (Lipinski definition) is 8. The second kappa shape index (κ2) is 17.0. The zero-order valence-corrected chi connectivity index (χ0v) is 23.7. The summed E-state index contributed by atoms with van der Waals surface area (Å²) in [5.41, 5.74) is 17.2. The summed E-state index contributed by atoms with van der Waals surface area (Å²) in [6.07, 6.45) is 1.52. The van der Waals surface area contributed by atoms with Gasteiger partial charge in [0, 0.05) is 13.0 Å². The number of aliphatic carboxylic acids is 1. The van der Waals surface area contributed by atoms with E-state index in [1.54, 1.807) is 19.1 Å². The summed E-state index contributed by atoms with van der Waals surface area (Å²) in [4.78, 5) is 55.1. The number of carboxylic acids is 1. The molecule has 0 bridgehead atoms. The Morgan fingerprint density at radius 2 is 1.52 bits per heavy atom. The molecule has 5 unspecified atom stereocenters. The number of phenolic OH excluding ortho intramolecular Hbond substituents is 1. The lowest BCUT2D eigenvalue weighted by Gasteiger charge is -2.28. The van der Waals surface area contributed by atoms with Gasteiger partial charge in [-0.05, 0) is 48.8 Å². The van der Waals surface area contributed by atoms with E-state index in [-0.39, 0.29) is 42.8 Å². The molecule has 224 valence electrons. The van der Waals surface area contributed by atoms with Gasteiger partial charge in [-0.15, -0.1) is 0 Å². The number of nitrogens with one attached hydrogen (secondary N) is 3. The molecular weight excluding hydrogens is 518 g/mol. The average Bonchev–Trinajstić information content (AvgIpc) is 2.88. The molecule has 1 aromatic rings. The van der Waals surface area contributed by atoms with E-state index in [4.69, 9.17) is 17.2 Å². The van der Waals surface area contributed by atoms with Crippen LogP contribution in [0.15, 0.2) is 29.3 Å². The van der Waals surface area contributed by atoms with Gasteiger partial charge in [0.05, 0.1) is 6.04 Å². The van der Waals surface area contributed by atoms with Gasteiger partial charge in [-0.25, -0.2) is 4.79 Å². The molecular formula is C27H45N7O6. The van der Waals surface area contributed by atoms with Crippen LogP contribution in [0.5, 0.6) is 5.75 Å². The van der Waals surface area contributed by atoms with E-state index in [1.165, 1.54) is 12.1 Å². The third kappa shape index (κ3) is 12.3. The van der Waals surface area contributed by atoms with Crippen molar-refractivity contribution in [3.63, 3.8) is 0 Å². The van der Waals surface area contributed by atoms with Gasteiger partial charge in [0.25, 0.3) is 0 Å². The number of carbonyl (C=O) groups is 4. The van der Waals surface area contributed by atoms with Gasteiger partial charge in [-0.1, -0.05) is 46.2 Å². The van der Waals surface area contributed by atoms with Crippen molar-refractivity contribution in [2.45, 2.75) is 84.0 Å².